The van der Waals surface area contributed by atoms with Gasteiger partial charge in [0.25, 0.3) is 0 Å². The normalized spacial score (nSPS) is 10.5. The third kappa shape index (κ3) is 3.93. The summed E-state index contributed by atoms with van der Waals surface area (Å²) < 4.78 is 0. The lowest BCUT2D eigenvalue weighted by molar-refractivity contribution is 0.759. The molecule has 1 aromatic heterocycles. The Morgan fingerprint density at radius 3 is 2.73 bits per heavy atom. The average Bonchev–Trinajstić information content (AvgIpc) is 2.49. The molecule has 7 heteroatoms. The van der Waals surface area contributed by atoms with Crippen molar-refractivity contribution < 1.29 is 0 Å². The maximum atomic E-state index is 6.19. The molecule has 0 aliphatic rings. The van der Waals surface area contributed by atoms with Crippen molar-refractivity contribution >= 4 is 46.2 Å². The van der Waals surface area contributed by atoms with Crippen LogP contribution in [0.3, 0.4) is 0 Å². The van der Waals surface area contributed by atoms with Crippen molar-refractivity contribution in [1.82, 2.24) is 9.97 Å². The minimum absolute atomic E-state index is 0.493. The quantitative estimate of drug-likeness (QED) is 0.818. The Morgan fingerprint density at radius 2 is 2.05 bits per heavy atom. The van der Waals surface area contributed by atoms with Gasteiger partial charge in [0.2, 0.25) is 0 Å². The van der Waals surface area contributed by atoms with Gasteiger partial charge in [-0.3, -0.25) is 0 Å². The predicted molar refractivity (Wildman–Crippen MR) is 94.4 cm³/mol. The Balaban J connectivity index is 2.25. The van der Waals surface area contributed by atoms with E-state index in [1.54, 1.807) is 18.2 Å². The Labute approximate surface area is 140 Å². The average molecular weight is 340 g/mol. The van der Waals surface area contributed by atoms with Crippen LogP contribution in [0.25, 0.3) is 0 Å². The molecule has 3 N–H and O–H groups in total. The van der Waals surface area contributed by atoms with Gasteiger partial charge in [0.1, 0.15) is 12.0 Å². The van der Waals surface area contributed by atoms with Crippen molar-refractivity contribution in [2.45, 2.75) is 19.8 Å². The maximum Gasteiger partial charge on any atom is 0.159 e. The highest BCUT2D eigenvalue weighted by Gasteiger charge is 2.13. The first-order valence-corrected chi connectivity index (χ1v) is 7.82. The molecule has 0 bridgehead atoms. The first-order valence-electron chi connectivity index (χ1n) is 7.06. The lowest BCUT2D eigenvalue weighted by Crippen LogP contribution is -2.21. The zero-order valence-corrected chi connectivity index (χ0v) is 14.1. The number of halogens is 2. The number of unbranched alkanes of at least 4 members (excludes halogenated alkanes) is 1. The fraction of sp³-hybridized carbons (Fsp3) is 0.333. The second-order valence-corrected chi connectivity index (χ2v) is 5.83. The van der Waals surface area contributed by atoms with Crippen molar-refractivity contribution in [2.75, 3.05) is 29.5 Å². The van der Waals surface area contributed by atoms with Crippen LogP contribution in [0.5, 0.6) is 0 Å². The number of anilines is 4. The van der Waals surface area contributed by atoms with Crippen LogP contribution in [-0.4, -0.2) is 23.6 Å². The van der Waals surface area contributed by atoms with Gasteiger partial charge in [-0.25, -0.2) is 9.97 Å². The Morgan fingerprint density at radius 1 is 1.27 bits per heavy atom. The van der Waals surface area contributed by atoms with Crippen molar-refractivity contribution in [3.05, 3.63) is 34.6 Å². The summed E-state index contributed by atoms with van der Waals surface area (Å²) in [5.41, 5.74) is 7.37. The molecule has 1 aromatic carbocycles. The van der Waals surface area contributed by atoms with Crippen LogP contribution in [0, 0.1) is 0 Å². The molecule has 0 amide bonds. The van der Waals surface area contributed by atoms with Crippen molar-refractivity contribution in [1.29, 1.82) is 0 Å². The van der Waals surface area contributed by atoms with Crippen LogP contribution < -0.4 is 16.0 Å². The summed E-state index contributed by atoms with van der Waals surface area (Å²) in [5, 5.41) is 4.21. The number of benzene rings is 1. The summed E-state index contributed by atoms with van der Waals surface area (Å²) in [7, 11) is 1.97. The van der Waals surface area contributed by atoms with E-state index >= 15 is 0 Å². The molecule has 0 saturated carbocycles. The summed E-state index contributed by atoms with van der Waals surface area (Å²) in [6.45, 7) is 3.03. The minimum Gasteiger partial charge on any atom is -0.393 e. The lowest BCUT2D eigenvalue weighted by Gasteiger charge is -2.20. The Kier molecular flexibility index (Phi) is 5.69. The van der Waals surface area contributed by atoms with Crippen LogP contribution in [0.1, 0.15) is 19.8 Å². The SMILES string of the molecule is CCCCN(C)c1ncnc(Nc2ccc(Cl)cc2Cl)c1N. The van der Waals surface area contributed by atoms with Crippen LogP contribution in [0.2, 0.25) is 10.0 Å². The summed E-state index contributed by atoms with van der Waals surface area (Å²) in [6, 6.07) is 5.20. The van der Waals surface area contributed by atoms with Gasteiger partial charge in [-0.15, -0.1) is 0 Å². The van der Waals surface area contributed by atoms with Gasteiger partial charge >= 0.3 is 0 Å². The Hall–Kier alpha value is -1.72. The smallest absolute Gasteiger partial charge is 0.159 e. The topological polar surface area (TPSA) is 67.1 Å². The number of rotatable bonds is 6. The molecule has 5 nitrogen and oxygen atoms in total. The summed E-state index contributed by atoms with van der Waals surface area (Å²) in [6.07, 6.45) is 3.67. The van der Waals surface area contributed by atoms with E-state index in [1.807, 2.05) is 11.9 Å². The highest BCUT2D eigenvalue weighted by molar-refractivity contribution is 6.36. The number of nitrogens with one attached hydrogen (secondary N) is 1. The van der Waals surface area contributed by atoms with E-state index in [-0.39, 0.29) is 0 Å². The van der Waals surface area contributed by atoms with E-state index in [9.17, 15) is 0 Å². The monoisotopic (exact) mass is 339 g/mol. The van der Waals surface area contributed by atoms with Gasteiger partial charge in [0.15, 0.2) is 11.6 Å². The molecule has 22 heavy (non-hydrogen) atoms. The molecule has 0 radical (unpaired) electrons. The molecule has 0 aliphatic carbocycles. The van der Waals surface area contributed by atoms with E-state index in [0.717, 1.165) is 19.4 Å². The molecule has 0 saturated heterocycles. The number of nitrogens with two attached hydrogens (primary N) is 1. The number of nitrogens with zero attached hydrogens (tertiary/aromatic N) is 3. The standard InChI is InChI=1S/C15H19Cl2N5/c1-3-4-7-22(2)15-13(18)14(19-9-20-15)21-12-6-5-10(16)8-11(12)17/h5-6,8-9H,3-4,7,18H2,1-2H3,(H,19,20,21). The molecule has 0 aliphatic heterocycles. The van der Waals surface area contributed by atoms with Crippen molar-refractivity contribution in [3.8, 4) is 0 Å². The molecule has 2 rings (SSSR count). The van der Waals surface area contributed by atoms with E-state index in [4.69, 9.17) is 28.9 Å². The largest absolute Gasteiger partial charge is 0.393 e. The molecular formula is C15H19Cl2N5. The van der Waals surface area contributed by atoms with Crippen molar-refractivity contribution in [3.63, 3.8) is 0 Å². The van der Waals surface area contributed by atoms with Gasteiger partial charge in [-0.2, -0.15) is 0 Å². The van der Waals surface area contributed by atoms with Gasteiger partial charge in [0.05, 0.1) is 10.7 Å². The highest BCUT2D eigenvalue weighted by Crippen LogP contribution is 2.32. The van der Waals surface area contributed by atoms with E-state index in [1.165, 1.54) is 6.33 Å². The number of hydrogen-bond acceptors (Lipinski definition) is 5. The highest BCUT2D eigenvalue weighted by atomic mass is 35.5. The minimum atomic E-state index is 0.493. The van der Waals surface area contributed by atoms with Crippen LogP contribution in [0.15, 0.2) is 24.5 Å². The van der Waals surface area contributed by atoms with Gasteiger partial charge in [0, 0.05) is 18.6 Å². The summed E-state index contributed by atoms with van der Waals surface area (Å²) >= 11 is 12.1. The molecule has 0 atom stereocenters. The number of aromatic nitrogens is 2. The zero-order valence-electron chi connectivity index (χ0n) is 12.6. The molecule has 0 fully saturated rings. The molecule has 0 spiro atoms. The molecular weight excluding hydrogens is 321 g/mol. The number of hydrogen-bond donors (Lipinski definition) is 2. The fourth-order valence-corrected chi connectivity index (χ4v) is 2.47. The third-order valence-corrected chi connectivity index (χ3v) is 3.80. The predicted octanol–water partition coefficient (Wildman–Crippen LogP) is 4.35. The Bertz CT molecular complexity index is 648. The maximum absolute atomic E-state index is 6.19. The van der Waals surface area contributed by atoms with E-state index < -0.39 is 0 Å². The zero-order chi connectivity index (χ0) is 16.1. The molecule has 0 unspecified atom stereocenters. The molecule has 1 heterocycles. The van der Waals surface area contributed by atoms with Crippen LogP contribution in [0.4, 0.5) is 23.0 Å². The van der Waals surface area contributed by atoms with Gasteiger partial charge in [-0.1, -0.05) is 36.5 Å². The second-order valence-electron chi connectivity index (χ2n) is 4.98. The molecule has 118 valence electrons. The first kappa shape index (κ1) is 16.6. The second kappa shape index (κ2) is 7.51. The third-order valence-electron chi connectivity index (χ3n) is 3.26. The van der Waals surface area contributed by atoms with Gasteiger partial charge < -0.3 is 16.0 Å². The van der Waals surface area contributed by atoms with E-state index in [0.29, 0.717) is 33.1 Å². The van der Waals surface area contributed by atoms with Crippen LogP contribution in [-0.2, 0) is 0 Å². The number of nitrogen functional groups attached to an aromatic ring is 1. The van der Waals surface area contributed by atoms with Crippen LogP contribution >= 0.6 is 23.2 Å². The van der Waals surface area contributed by atoms with Crippen molar-refractivity contribution in [2.24, 2.45) is 0 Å². The lowest BCUT2D eigenvalue weighted by atomic mass is 10.3. The summed E-state index contributed by atoms with van der Waals surface area (Å²) in [4.78, 5) is 10.5. The summed E-state index contributed by atoms with van der Waals surface area (Å²) in [5.74, 6) is 1.23. The fourth-order valence-electron chi connectivity index (χ4n) is 2.01. The van der Waals surface area contributed by atoms with Gasteiger partial charge in [-0.05, 0) is 24.6 Å². The van der Waals surface area contributed by atoms with E-state index in [2.05, 4.69) is 22.2 Å². The first-order chi connectivity index (χ1) is 10.5. The molecule has 2 aromatic rings.